The summed E-state index contributed by atoms with van der Waals surface area (Å²) in [6.07, 6.45) is 2.72. The second-order valence-corrected chi connectivity index (χ2v) is 10.4. The number of rotatable bonds is 9. The van der Waals surface area contributed by atoms with Crippen molar-refractivity contribution < 1.29 is 32.3 Å². The lowest BCUT2D eigenvalue weighted by atomic mass is 10.1. The normalized spacial score (nSPS) is 11.3. The molecule has 0 atom stereocenters. The molecule has 0 spiro atoms. The van der Waals surface area contributed by atoms with Crippen molar-refractivity contribution >= 4 is 50.4 Å². The zero-order valence-corrected chi connectivity index (χ0v) is 22.5. The molecule has 0 unspecified atom stereocenters. The number of esters is 2. The smallest absolute Gasteiger partial charge is 0.308 e. The highest BCUT2D eigenvalue weighted by Gasteiger charge is 2.18. The second-order valence-electron chi connectivity index (χ2n) is 8.71. The van der Waals surface area contributed by atoms with E-state index < -0.39 is 27.9 Å². The molecule has 0 aliphatic rings. The molecule has 4 aromatic rings. The molecule has 1 amide bonds. The topological polar surface area (TPSA) is 128 Å². The van der Waals surface area contributed by atoms with Crippen molar-refractivity contribution in [3.8, 4) is 11.5 Å². The average Bonchev–Trinajstić information content (AvgIpc) is 2.90. The van der Waals surface area contributed by atoms with Crippen LogP contribution in [0.4, 0.5) is 5.69 Å². The van der Waals surface area contributed by atoms with Gasteiger partial charge in [0, 0.05) is 49.0 Å². The van der Waals surface area contributed by atoms with Gasteiger partial charge < -0.3 is 14.8 Å². The number of nitrogens with one attached hydrogen (secondary N) is 2. The number of amides is 1. The molecule has 9 nitrogen and oxygen atoms in total. The fourth-order valence-electron chi connectivity index (χ4n) is 3.96. The summed E-state index contributed by atoms with van der Waals surface area (Å²) in [5, 5.41) is 3.77. The van der Waals surface area contributed by atoms with Crippen LogP contribution in [0.25, 0.3) is 16.8 Å². The van der Waals surface area contributed by atoms with E-state index in [9.17, 15) is 22.8 Å². The molecule has 4 rings (SSSR count). The SMILES string of the molecule is CC(=O)Oc1cc(C=CC(=O)Nc2cccc3c(S(=O)(=O)NCc4ccccc4)cccc23)cc(OC(C)=O)c1. The lowest BCUT2D eigenvalue weighted by Gasteiger charge is -2.12. The van der Waals surface area contributed by atoms with Gasteiger partial charge in [0.25, 0.3) is 0 Å². The molecule has 0 saturated carbocycles. The maximum Gasteiger partial charge on any atom is 0.308 e. The van der Waals surface area contributed by atoms with Gasteiger partial charge in [0.2, 0.25) is 15.9 Å². The Morgan fingerprint density at radius 1 is 0.775 bits per heavy atom. The number of carbonyl (C=O) groups excluding carboxylic acids is 3. The van der Waals surface area contributed by atoms with Gasteiger partial charge in [-0.05, 0) is 41.5 Å². The Morgan fingerprint density at radius 2 is 1.40 bits per heavy atom. The zero-order valence-electron chi connectivity index (χ0n) is 21.7. The van der Waals surface area contributed by atoms with Crippen LogP contribution in [0.1, 0.15) is 25.0 Å². The first-order valence-corrected chi connectivity index (χ1v) is 13.7. The van der Waals surface area contributed by atoms with Gasteiger partial charge in [-0.25, -0.2) is 13.1 Å². The molecule has 0 saturated heterocycles. The third-order valence-electron chi connectivity index (χ3n) is 5.59. The van der Waals surface area contributed by atoms with Crippen molar-refractivity contribution in [2.75, 3.05) is 5.32 Å². The highest BCUT2D eigenvalue weighted by atomic mass is 32.2. The van der Waals surface area contributed by atoms with Crippen molar-refractivity contribution in [1.29, 1.82) is 0 Å². The second kappa shape index (κ2) is 12.4. The Bertz CT molecular complexity index is 1680. The number of sulfonamides is 1. The third kappa shape index (κ3) is 7.40. The van der Waals surface area contributed by atoms with Crippen LogP contribution in [0, 0.1) is 0 Å². The van der Waals surface area contributed by atoms with E-state index in [0.29, 0.717) is 22.0 Å². The molecule has 0 fully saturated rings. The van der Waals surface area contributed by atoms with E-state index in [4.69, 9.17) is 9.47 Å². The molecule has 0 aromatic heterocycles. The highest BCUT2D eigenvalue weighted by molar-refractivity contribution is 7.89. The predicted octanol–water partition coefficient (Wildman–Crippen LogP) is 4.82. The van der Waals surface area contributed by atoms with Gasteiger partial charge >= 0.3 is 11.9 Å². The van der Waals surface area contributed by atoms with Gasteiger partial charge in [-0.1, -0.05) is 54.6 Å². The first kappa shape index (κ1) is 28.2. The van der Waals surface area contributed by atoms with Crippen LogP contribution in [-0.2, 0) is 31.0 Å². The van der Waals surface area contributed by atoms with E-state index in [1.807, 2.05) is 30.3 Å². The van der Waals surface area contributed by atoms with E-state index >= 15 is 0 Å². The highest BCUT2D eigenvalue weighted by Crippen LogP contribution is 2.29. The van der Waals surface area contributed by atoms with Crippen molar-refractivity contribution in [3.63, 3.8) is 0 Å². The van der Waals surface area contributed by atoms with Crippen LogP contribution >= 0.6 is 0 Å². The van der Waals surface area contributed by atoms with Crippen molar-refractivity contribution in [2.24, 2.45) is 0 Å². The number of carbonyl (C=O) groups is 3. The summed E-state index contributed by atoms with van der Waals surface area (Å²) in [6, 6.07) is 23.4. The zero-order chi connectivity index (χ0) is 28.7. The first-order valence-electron chi connectivity index (χ1n) is 12.2. The minimum atomic E-state index is -3.85. The first-order chi connectivity index (χ1) is 19.1. The number of hydrogen-bond donors (Lipinski definition) is 2. The number of fused-ring (bicyclic) bond motifs is 1. The maximum atomic E-state index is 13.1. The summed E-state index contributed by atoms with van der Waals surface area (Å²) in [6.45, 7) is 2.61. The van der Waals surface area contributed by atoms with Crippen LogP contribution in [0.2, 0.25) is 0 Å². The maximum absolute atomic E-state index is 13.1. The lowest BCUT2D eigenvalue weighted by Crippen LogP contribution is -2.23. The number of ether oxygens (including phenoxy) is 2. The summed E-state index contributed by atoms with van der Waals surface area (Å²) in [7, 11) is -3.85. The standard InChI is InChI=1S/C30H26N2O7S/c1-20(33)38-24-16-23(17-25(18-24)39-21(2)34)14-15-30(35)32-28-12-6-11-27-26(28)10-7-13-29(27)40(36,37)31-19-22-8-4-3-5-9-22/h3-18,31H,19H2,1-2H3,(H,32,35). The molecule has 0 aliphatic heterocycles. The Labute approximate surface area is 231 Å². The third-order valence-corrected chi connectivity index (χ3v) is 7.05. The van der Waals surface area contributed by atoms with Crippen LogP contribution in [-0.4, -0.2) is 26.3 Å². The van der Waals surface area contributed by atoms with Crippen molar-refractivity contribution in [1.82, 2.24) is 4.72 Å². The molecule has 204 valence electrons. The average molecular weight is 559 g/mol. The molecule has 10 heteroatoms. The van der Waals surface area contributed by atoms with Gasteiger partial charge in [-0.3, -0.25) is 14.4 Å². The van der Waals surface area contributed by atoms with E-state index in [1.54, 1.807) is 30.3 Å². The van der Waals surface area contributed by atoms with E-state index in [2.05, 4.69) is 10.0 Å². The summed E-state index contributed by atoms with van der Waals surface area (Å²) in [5.41, 5.74) is 1.69. The number of benzene rings is 4. The summed E-state index contributed by atoms with van der Waals surface area (Å²) >= 11 is 0. The molecule has 0 radical (unpaired) electrons. The van der Waals surface area contributed by atoms with E-state index in [0.717, 1.165) is 5.56 Å². The minimum Gasteiger partial charge on any atom is -0.427 e. The van der Waals surface area contributed by atoms with E-state index in [-0.39, 0.29) is 22.9 Å². The molecule has 2 N–H and O–H groups in total. The molecular weight excluding hydrogens is 532 g/mol. The molecular formula is C30H26N2O7S. The molecule has 0 heterocycles. The van der Waals surface area contributed by atoms with E-state index in [1.165, 1.54) is 50.3 Å². The monoisotopic (exact) mass is 558 g/mol. The van der Waals surface area contributed by atoms with Crippen molar-refractivity contribution in [3.05, 3.63) is 102 Å². The molecule has 4 aromatic carbocycles. The summed E-state index contributed by atoms with van der Waals surface area (Å²) < 4.78 is 39.1. The fraction of sp³-hybridized carbons (Fsp3) is 0.100. The summed E-state index contributed by atoms with van der Waals surface area (Å²) in [5.74, 6) is -1.31. The van der Waals surface area contributed by atoms with Crippen LogP contribution in [0.3, 0.4) is 0 Å². The Morgan fingerprint density at radius 3 is 2.05 bits per heavy atom. The number of anilines is 1. The van der Waals surface area contributed by atoms with Gasteiger partial charge in [-0.2, -0.15) is 0 Å². The minimum absolute atomic E-state index is 0.0906. The van der Waals surface area contributed by atoms with Gasteiger partial charge in [0.1, 0.15) is 11.5 Å². The fourth-order valence-corrected chi connectivity index (χ4v) is 5.20. The predicted molar refractivity (Wildman–Crippen MR) is 151 cm³/mol. The van der Waals surface area contributed by atoms with Gasteiger partial charge in [0.15, 0.2) is 0 Å². The molecule has 40 heavy (non-hydrogen) atoms. The summed E-state index contributed by atoms with van der Waals surface area (Å²) in [4.78, 5) is 35.6. The Kier molecular flexibility index (Phi) is 8.73. The molecule has 0 aliphatic carbocycles. The molecule has 0 bridgehead atoms. The Hall–Kier alpha value is -4.80. The lowest BCUT2D eigenvalue weighted by molar-refractivity contribution is -0.132. The van der Waals surface area contributed by atoms with Gasteiger partial charge in [-0.15, -0.1) is 0 Å². The van der Waals surface area contributed by atoms with Crippen LogP contribution in [0.15, 0.2) is 95.9 Å². The van der Waals surface area contributed by atoms with Crippen LogP contribution in [0.5, 0.6) is 11.5 Å². The quantitative estimate of drug-likeness (QED) is 0.171. The number of hydrogen-bond acceptors (Lipinski definition) is 7. The van der Waals surface area contributed by atoms with Gasteiger partial charge in [0.05, 0.1) is 4.90 Å². The van der Waals surface area contributed by atoms with Crippen molar-refractivity contribution in [2.45, 2.75) is 25.3 Å². The largest absolute Gasteiger partial charge is 0.427 e. The Balaban J connectivity index is 1.56. The van der Waals surface area contributed by atoms with Crippen LogP contribution < -0.4 is 19.5 Å².